The summed E-state index contributed by atoms with van der Waals surface area (Å²) in [5.74, 6) is 0. The van der Waals surface area contributed by atoms with Crippen molar-refractivity contribution < 1.29 is 17.9 Å². The topological polar surface area (TPSA) is 72.5 Å². The molecule has 3 aromatic carbocycles. The number of fused-ring (bicyclic) bond motifs is 3. The van der Waals surface area contributed by atoms with Gasteiger partial charge in [-0.15, -0.1) is 0 Å². The van der Waals surface area contributed by atoms with Crippen LogP contribution in [0.25, 0.3) is 16.8 Å². The highest BCUT2D eigenvalue weighted by Crippen LogP contribution is 2.38. The van der Waals surface area contributed by atoms with Crippen molar-refractivity contribution in [3.05, 3.63) is 76.2 Å². The van der Waals surface area contributed by atoms with Crippen LogP contribution in [0.5, 0.6) is 0 Å². The van der Waals surface area contributed by atoms with Gasteiger partial charge in [0.15, 0.2) is 0 Å². The maximum atomic E-state index is 12.9. The smallest absolute Gasteiger partial charge is 0.411 e. The van der Waals surface area contributed by atoms with Crippen molar-refractivity contribution in [2.24, 2.45) is 0 Å². The van der Waals surface area contributed by atoms with E-state index in [9.17, 15) is 13.2 Å². The van der Waals surface area contributed by atoms with Gasteiger partial charge >= 0.3 is 6.09 Å². The highest BCUT2D eigenvalue weighted by atomic mass is 35.5. The molecule has 0 atom stereocenters. The van der Waals surface area contributed by atoms with Crippen molar-refractivity contribution in [3.8, 4) is 0 Å². The van der Waals surface area contributed by atoms with E-state index in [-0.39, 0.29) is 16.4 Å². The van der Waals surface area contributed by atoms with E-state index < -0.39 is 15.9 Å². The molecule has 136 valence electrons. The minimum atomic E-state index is -3.71. The molecule has 1 amide bonds. The van der Waals surface area contributed by atoms with Crippen molar-refractivity contribution >= 4 is 50.1 Å². The second-order valence-corrected chi connectivity index (χ2v) is 8.40. The molecule has 0 radical (unpaired) electrons. The van der Waals surface area contributed by atoms with Crippen LogP contribution in [0, 0.1) is 0 Å². The summed E-state index contributed by atoms with van der Waals surface area (Å²) < 4.78 is 30.9. The zero-order valence-electron chi connectivity index (χ0n) is 14.0. The van der Waals surface area contributed by atoms with Crippen LogP contribution in [-0.2, 0) is 14.6 Å². The molecule has 0 unspecified atom stereocenters. The van der Waals surface area contributed by atoms with Crippen LogP contribution in [0.2, 0.25) is 5.02 Å². The summed E-state index contributed by atoms with van der Waals surface area (Å²) >= 11 is 5.79. The number of rotatable bonds is 3. The van der Waals surface area contributed by atoms with Gasteiger partial charge in [-0.1, -0.05) is 48.0 Å². The number of amides is 1. The first-order chi connectivity index (χ1) is 12.9. The number of halogens is 1. The van der Waals surface area contributed by atoms with E-state index in [2.05, 4.69) is 5.32 Å². The first-order valence-electron chi connectivity index (χ1n) is 8.12. The molecule has 1 aliphatic rings. The van der Waals surface area contributed by atoms with E-state index in [0.717, 1.165) is 5.39 Å². The minimum Gasteiger partial charge on any atom is -0.444 e. The van der Waals surface area contributed by atoms with Gasteiger partial charge in [-0.3, -0.25) is 5.32 Å². The summed E-state index contributed by atoms with van der Waals surface area (Å²) in [6.07, 6.45) is 0.807. The number of ether oxygens (including phenoxy) is 1. The van der Waals surface area contributed by atoms with Gasteiger partial charge in [0.05, 0.1) is 9.80 Å². The normalized spacial score (nSPS) is 14.5. The van der Waals surface area contributed by atoms with Gasteiger partial charge in [-0.2, -0.15) is 0 Å². The Kier molecular flexibility index (Phi) is 4.37. The number of benzene rings is 3. The molecule has 1 heterocycles. The highest BCUT2D eigenvalue weighted by molar-refractivity contribution is 7.96. The summed E-state index contributed by atoms with van der Waals surface area (Å²) in [7, 11) is -3.71. The van der Waals surface area contributed by atoms with Crippen molar-refractivity contribution in [2.75, 3.05) is 11.9 Å². The van der Waals surface area contributed by atoms with Crippen LogP contribution in [0.4, 0.5) is 10.5 Å². The van der Waals surface area contributed by atoms with Crippen molar-refractivity contribution in [1.29, 1.82) is 0 Å². The summed E-state index contributed by atoms with van der Waals surface area (Å²) in [4.78, 5) is 12.3. The van der Waals surface area contributed by atoms with Crippen LogP contribution in [0.15, 0.2) is 70.5 Å². The average Bonchev–Trinajstić information content (AvgIpc) is 2.92. The lowest BCUT2D eigenvalue weighted by Crippen LogP contribution is -2.17. The summed E-state index contributed by atoms with van der Waals surface area (Å²) in [6, 6.07) is 17.4. The third kappa shape index (κ3) is 3.29. The minimum absolute atomic E-state index is 0.0557. The fraction of sp³-hybridized carbons (Fsp3) is 0.0500. The molecule has 0 aliphatic carbocycles. The largest absolute Gasteiger partial charge is 0.444 e. The molecule has 1 N–H and O–H groups in total. The number of carbonyl (C=O) groups excluding carboxylic acids is 1. The third-order valence-electron chi connectivity index (χ3n) is 4.28. The van der Waals surface area contributed by atoms with E-state index in [1.165, 1.54) is 0 Å². The third-order valence-corrected chi connectivity index (χ3v) is 6.45. The van der Waals surface area contributed by atoms with E-state index in [1.807, 2.05) is 18.2 Å². The van der Waals surface area contributed by atoms with Gasteiger partial charge in [0.1, 0.15) is 6.61 Å². The fourth-order valence-electron chi connectivity index (χ4n) is 3.00. The molecular weight excluding hydrogens is 386 g/mol. The number of carbonyl (C=O) groups is 1. The van der Waals surface area contributed by atoms with Crippen LogP contribution < -0.4 is 5.32 Å². The van der Waals surface area contributed by atoms with Gasteiger partial charge < -0.3 is 4.74 Å². The van der Waals surface area contributed by atoms with Crippen molar-refractivity contribution in [2.45, 2.75) is 4.90 Å². The predicted octanol–water partition coefficient (Wildman–Crippen LogP) is 4.87. The SMILES string of the molecule is O=C(Nc1ccc(Cl)cc1)OCC1=Cc2ccc3ccccc3c2S1(=O)=O. The Morgan fingerprint density at radius 2 is 1.74 bits per heavy atom. The van der Waals surface area contributed by atoms with E-state index in [4.69, 9.17) is 16.3 Å². The van der Waals surface area contributed by atoms with Crippen LogP contribution >= 0.6 is 11.6 Å². The maximum Gasteiger partial charge on any atom is 0.411 e. The van der Waals surface area contributed by atoms with Gasteiger partial charge in [0.2, 0.25) is 9.84 Å². The number of hydrogen-bond acceptors (Lipinski definition) is 4. The Hall–Kier alpha value is -2.83. The van der Waals surface area contributed by atoms with Crippen LogP contribution in [0.3, 0.4) is 0 Å². The number of hydrogen-bond donors (Lipinski definition) is 1. The molecule has 5 nitrogen and oxygen atoms in total. The summed E-state index contributed by atoms with van der Waals surface area (Å²) in [6.45, 7) is -0.342. The molecular formula is C20H14ClNO4S. The van der Waals surface area contributed by atoms with Gasteiger partial charge in [0.25, 0.3) is 0 Å². The molecule has 4 rings (SSSR count). The Labute approximate surface area is 161 Å². The molecule has 27 heavy (non-hydrogen) atoms. The molecule has 3 aromatic rings. The molecule has 0 aromatic heterocycles. The molecule has 7 heteroatoms. The molecule has 0 bridgehead atoms. The quantitative estimate of drug-likeness (QED) is 0.681. The van der Waals surface area contributed by atoms with Gasteiger partial charge in [-0.25, -0.2) is 13.2 Å². The first kappa shape index (κ1) is 17.6. The maximum absolute atomic E-state index is 12.9. The zero-order valence-corrected chi connectivity index (χ0v) is 15.5. The van der Waals surface area contributed by atoms with Crippen molar-refractivity contribution in [1.82, 2.24) is 0 Å². The molecule has 0 saturated carbocycles. The fourth-order valence-corrected chi connectivity index (χ4v) is 4.80. The lowest BCUT2D eigenvalue weighted by atomic mass is 10.1. The van der Waals surface area contributed by atoms with Crippen LogP contribution in [0.1, 0.15) is 5.56 Å². The lowest BCUT2D eigenvalue weighted by molar-refractivity contribution is 0.173. The number of nitrogens with one attached hydrogen (secondary N) is 1. The first-order valence-corrected chi connectivity index (χ1v) is 9.98. The van der Waals surface area contributed by atoms with Gasteiger partial charge in [-0.05, 0) is 41.3 Å². The molecule has 0 spiro atoms. The summed E-state index contributed by atoms with van der Waals surface area (Å²) in [5, 5.41) is 4.57. The molecule has 0 fully saturated rings. The van der Waals surface area contributed by atoms with Crippen molar-refractivity contribution in [3.63, 3.8) is 0 Å². The Balaban J connectivity index is 1.52. The Morgan fingerprint density at radius 1 is 1.00 bits per heavy atom. The number of sulfone groups is 1. The second-order valence-electron chi connectivity index (χ2n) is 6.03. The lowest BCUT2D eigenvalue weighted by Gasteiger charge is -2.09. The van der Waals surface area contributed by atoms with E-state index in [1.54, 1.807) is 48.5 Å². The molecule has 0 saturated heterocycles. The van der Waals surface area contributed by atoms with Crippen LogP contribution in [-0.4, -0.2) is 21.1 Å². The zero-order chi connectivity index (χ0) is 19.0. The second kappa shape index (κ2) is 6.72. The number of anilines is 1. The van der Waals surface area contributed by atoms with Gasteiger partial charge in [0, 0.05) is 16.1 Å². The monoisotopic (exact) mass is 399 g/mol. The summed E-state index contributed by atoms with van der Waals surface area (Å²) in [5.41, 5.74) is 1.10. The average molecular weight is 400 g/mol. The predicted molar refractivity (Wildman–Crippen MR) is 106 cm³/mol. The Morgan fingerprint density at radius 3 is 2.52 bits per heavy atom. The van der Waals surface area contributed by atoms with E-state index >= 15 is 0 Å². The Bertz CT molecular complexity index is 1180. The van der Waals surface area contributed by atoms with E-state index in [0.29, 0.717) is 21.7 Å². The highest BCUT2D eigenvalue weighted by Gasteiger charge is 2.32. The molecule has 1 aliphatic heterocycles. The standard InChI is InChI=1S/C20H14ClNO4S/c21-15-7-9-16(10-8-15)22-20(23)26-12-17-11-14-6-5-13-3-1-2-4-18(13)19(14)27(17,24)25/h1-11H,12H2,(H,22,23).